The molecule has 1 saturated heterocycles. The second-order valence-corrected chi connectivity index (χ2v) is 6.42. The highest BCUT2D eigenvalue weighted by Gasteiger charge is 2.30. The number of amides is 1. The predicted molar refractivity (Wildman–Crippen MR) is 99.6 cm³/mol. The number of carbonyl (C=O) groups excluding carboxylic acids is 1. The molecule has 2 aromatic rings. The van der Waals surface area contributed by atoms with Crippen LogP contribution < -0.4 is 15.0 Å². The van der Waals surface area contributed by atoms with Crippen molar-refractivity contribution in [3.63, 3.8) is 0 Å². The fourth-order valence-electron chi connectivity index (χ4n) is 2.80. The summed E-state index contributed by atoms with van der Waals surface area (Å²) in [5.74, 6) is -0.197. The van der Waals surface area contributed by atoms with Gasteiger partial charge in [-0.2, -0.15) is 13.2 Å². The highest BCUT2D eigenvalue weighted by Crippen LogP contribution is 2.30. The Morgan fingerprint density at radius 1 is 1.07 bits per heavy atom. The lowest BCUT2D eigenvalue weighted by Crippen LogP contribution is -2.36. The van der Waals surface area contributed by atoms with Gasteiger partial charge in [-0.1, -0.05) is 0 Å². The van der Waals surface area contributed by atoms with Gasteiger partial charge in [0.05, 0.1) is 18.8 Å². The molecule has 0 radical (unpaired) electrons. The van der Waals surface area contributed by atoms with Gasteiger partial charge in [-0.15, -0.1) is 0 Å². The second kappa shape index (κ2) is 8.52. The van der Waals surface area contributed by atoms with Crippen molar-refractivity contribution < 1.29 is 27.4 Å². The molecular weight excluding hydrogens is 373 g/mol. The minimum Gasteiger partial charge on any atom is -0.481 e. The van der Waals surface area contributed by atoms with Gasteiger partial charge in [0.15, 0.2) is 6.10 Å². The van der Waals surface area contributed by atoms with Crippen molar-refractivity contribution in [3.8, 4) is 5.75 Å². The molecule has 0 spiro atoms. The Kier molecular flexibility index (Phi) is 6.08. The zero-order valence-electron chi connectivity index (χ0n) is 15.3. The van der Waals surface area contributed by atoms with Crippen molar-refractivity contribution >= 4 is 17.3 Å². The fourth-order valence-corrected chi connectivity index (χ4v) is 2.80. The molecule has 0 aromatic heterocycles. The zero-order valence-corrected chi connectivity index (χ0v) is 15.3. The van der Waals surface area contributed by atoms with E-state index >= 15 is 0 Å². The highest BCUT2D eigenvalue weighted by atomic mass is 19.4. The molecule has 1 N–H and O–H groups in total. The van der Waals surface area contributed by atoms with Gasteiger partial charge in [0.25, 0.3) is 5.91 Å². The smallest absolute Gasteiger partial charge is 0.416 e. The first-order chi connectivity index (χ1) is 13.3. The van der Waals surface area contributed by atoms with Crippen molar-refractivity contribution in [2.45, 2.75) is 19.2 Å². The molecule has 3 rings (SSSR count). The van der Waals surface area contributed by atoms with E-state index in [-0.39, 0.29) is 11.7 Å². The number of nitrogens with one attached hydrogen (secondary N) is 1. The molecule has 8 heteroatoms. The number of carbonyl (C=O) groups is 1. The number of ether oxygens (including phenoxy) is 2. The second-order valence-electron chi connectivity index (χ2n) is 6.42. The molecule has 28 heavy (non-hydrogen) atoms. The quantitative estimate of drug-likeness (QED) is 0.835. The normalized spacial score (nSPS) is 15.8. The Balaban J connectivity index is 1.55. The maximum absolute atomic E-state index is 12.6. The van der Waals surface area contributed by atoms with Gasteiger partial charge in [-0.3, -0.25) is 4.79 Å². The predicted octanol–water partition coefficient (Wildman–Crippen LogP) is 3.95. The Morgan fingerprint density at radius 2 is 1.68 bits per heavy atom. The Bertz CT molecular complexity index is 786. The summed E-state index contributed by atoms with van der Waals surface area (Å²) in [5, 5.41) is 2.74. The maximum Gasteiger partial charge on any atom is 0.416 e. The van der Waals surface area contributed by atoms with Gasteiger partial charge >= 0.3 is 6.18 Å². The Morgan fingerprint density at radius 3 is 2.25 bits per heavy atom. The van der Waals surface area contributed by atoms with Gasteiger partial charge in [-0.05, 0) is 55.5 Å². The van der Waals surface area contributed by atoms with Crippen LogP contribution in [0.25, 0.3) is 0 Å². The monoisotopic (exact) mass is 394 g/mol. The molecule has 2 aromatic carbocycles. The van der Waals surface area contributed by atoms with E-state index in [0.717, 1.165) is 30.9 Å². The van der Waals surface area contributed by atoms with E-state index in [1.54, 1.807) is 12.1 Å². The maximum atomic E-state index is 12.6. The van der Waals surface area contributed by atoms with Crippen molar-refractivity contribution in [2.24, 2.45) is 0 Å². The van der Waals surface area contributed by atoms with Crippen molar-refractivity contribution in [3.05, 3.63) is 54.1 Å². The third kappa shape index (κ3) is 5.16. The molecule has 1 fully saturated rings. The first kappa shape index (κ1) is 20.0. The molecule has 1 heterocycles. The number of hydrogen-bond donors (Lipinski definition) is 1. The number of benzene rings is 2. The Hall–Kier alpha value is -2.74. The minimum absolute atomic E-state index is 0.193. The average molecular weight is 394 g/mol. The third-order valence-corrected chi connectivity index (χ3v) is 4.37. The van der Waals surface area contributed by atoms with Crippen LogP contribution in [-0.4, -0.2) is 38.3 Å². The molecule has 0 aliphatic carbocycles. The fraction of sp³-hybridized carbons (Fsp3) is 0.350. The lowest BCUT2D eigenvalue weighted by molar-refractivity contribution is -0.137. The third-order valence-electron chi connectivity index (χ3n) is 4.37. The van der Waals surface area contributed by atoms with Crippen LogP contribution in [0.15, 0.2) is 48.5 Å². The topological polar surface area (TPSA) is 50.8 Å². The molecule has 0 bridgehead atoms. The molecule has 1 aliphatic rings. The summed E-state index contributed by atoms with van der Waals surface area (Å²) in [6.45, 7) is 4.57. The SMILES string of the molecule is C[C@H](Oc1ccc(C(F)(F)F)cc1)C(=O)Nc1ccc(N2CCOCC2)cc1. The van der Waals surface area contributed by atoms with E-state index in [1.807, 2.05) is 12.1 Å². The molecule has 5 nitrogen and oxygen atoms in total. The highest BCUT2D eigenvalue weighted by molar-refractivity contribution is 5.94. The number of morpholine rings is 1. The minimum atomic E-state index is -4.41. The molecule has 1 amide bonds. The molecule has 1 atom stereocenters. The summed E-state index contributed by atoms with van der Waals surface area (Å²) < 4.78 is 48.5. The molecule has 0 unspecified atom stereocenters. The van der Waals surface area contributed by atoms with Crippen LogP contribution in [0.3, 0.4) is 0 Å². The lowest BCUT2D eigenvalue weighted by atomic mass is 10.2. The van der Waals surface area contributed by atoms with Gasteiger partial charge < -0.3 is 19.7 Å². The molecule has 150 valence electrons. The van der Waals surface area contributed by atoms with E-state index < -0.39 is 17.8 Å². The van der Waals surface area contributed by atoms with Crippen LogP contribution >= 0.6 is 0 Å². The van der Waals surface area contributed by atoms with Crippen LogP contribution in [0.5, 0.6) is 5.75 Å². The van der Waals surface area contributed by atoms with Crippen LogP contribution in [0.4, 0.5) is 24.5 Å². The van der Waals surface area contributed by atoms with E-state index in [2.05, 4.69) is 10.2 Å². The van der Waals surface area contributed by atoms with E-state index in [4.69, 9.17) is 9.47 Å². The van der Waals surface area contributed by atoms with Crippen LogP contribution in [-0.2, 0) is 15.7 Å². The first-order valence-corrected chi connectivity index (χ1v) is 8.90. The number of rotatable bonds is 5. The van der Waals surface area contributed by atoms with Gasteiger partial charge in [0.1, 0.15) is 5.75 Å². The number of alkyl halides is 3. The van der Waals surface area contributed by atoms with Gasteiger partial charge in [0, 0.05) is 24.5 Å². The standard InChI is InChI=1S/C20H21F3N2O3/c1-14(28-18-8-2-15(3-9-18)20(21,22)23)19(26)24-16-4-6-17(7-5-16)25-10-12-27-13-11-25/h2-9,14H,10-13H2,1H3,(H,24,26)/t14-/m0/s1. The summed E-state index contributed by atoms with van der Waals surface area (Å²) in [6.07, 6.45) is -5.27. The van der Waals surface area contributed by atoms with E-state index in [0.29, 0.717) is 18.9 Å². The number of hydrogen-bond acceptors (Lipinski definition) is 4. The zero-order chi connectivity index (χ0) is 20.1. The van der Waals surface area contributed by atoms with E-state index in [1.165, 1.54) is 19.1 Å². The summed E-state index contributed by atoms with van der Waals surface area (Å²) in [7, 11) is 0. The Labute approximate surface area is 161 Å². The van der Waals surface area contributed by atoms with Crippen LogP contribution in [0.2, 0.25) is 0 Å². The molecular formula is C20H21F3N2O3. The first-order valence-electron chi connectivity index (χ1n) is 8.90. The van der Waals surface area contributed by atoms with Crippen molar-refractivity contribution in [2.75, 3.05) is 36.5 Å². The molecule has 1 aliphatic heterocycles. The molecule has 0 saturated carbocycles. The summed E-state index contributed by atoms with van der Waals surface area (Å²) in [5.41, 5.74) is 0.901. The van der Waals surface area contributed by atoms with Gasteiger partial charge in [0.2, 0.25) is 0 Å². The number of anilines is 2. The van der Waals surface area contributed by atoms with Crippen LogP contribution in [0.1, 0.15) is 12.5 Å². The summed E-state index contributed by atoms with van der Waals surface area (Å²) >= 11 is 0. The van der Waals surface area contributed by atoms with Gasteiger partial charge in [-0.25, -0.2) is 0 Å². The van der Waals surface area contributed by atoms with Crippen molar-refractivity contribution in [1.82, 2.24) is 0 Å². The van der Waals surface area contributed by atoms with Crippen molar-refractivity contribution in [1.29, 1.82) is 0 Å². The van der Waals surface area contributed by atoms with E-state index in [9.17, 15) is 18.0 Å². The number of nitrogens with zero attached hydrogens (tertiary/aromatic N) is 1. The van der Waals surface area contributed by atoms with Crippen LogP contribution in [0, 0.1) is 0 Å². The number of halogens is 3. The largest absolute Gasteiger partial charge is 0.481 e. The average Bonchev–Trinajstić information content (AvgIpc) is 2.69. The lowest BCUT2D eigenvalue weighted by Gasteiger charge is -2.29. The summed E-state index contributed by atoms with van der Waals surface area (Å²) in [4.78, 5) is 14.5. The summed E-state index contributed by atoms with van der Waals surface area (Å²) in [6, 6.07) is 11.7.